The quantitative estimate of drug-likeness (QED) is 0.302. The van der Waals surface area contributed by atoms with E-state index < -0.39 is 5.25 Å². The van der Waals surface area contributed by atoms with Gasteiger partial charge in [-0.3, -0.25) is 14.0 Å². The Hall–Kier alpha value is -3.91. The molecule has 0 bridgehead atoms. The van der Waals surface area contributed by atoms with E-state index in [0.29, 0.717) is 28.4 Å². The van der Waals surface area contributed by atoms with Gasteiger partial charge < -0.3 is 4.90 Å². The normalized spacial score (nSPS) is 12.2. The van der Waals surface area contributed by atoms with E-state index in [0.717, 1.165) is 22.5 Å². The number of aryl methyl sites for hydroxylation is 2. The molecular formula is C28H27N5O2S. The molecule has 1 amide bonds. The Morgan fingerprint density at radius 1 is 1.00 bits per heavy atom. The molecule has 7 nitrogen and oxygen atoms in total. The van der Waals surface area contributed by atoms with Crippen molar-refractivity contribution in [2.75, 3.05) is 11.4 Å². The van der Waals surface area contributed by atoms with Gasteiger partial charge in [-0.2, -0.15) is 0 Å². The Morgan fingerprint density at radius 2 is 1.72 bits per heavy atom. The van der Waals surface area contributed by atoms with Crippen LogP contribution in [-0.2, 0) is 4.79 Å². The van der Waals surface area contributed by atoms with Gasteiger partial charge in [0.1, 0.15) is 0 Å². The van der Waals surface area contributed by atoms with Crippen molar-refractivity contribution in [3.05, 3.63) is 94.3 Å². The van der Waals surface area contributed by atoms with Crippen LogP contribution in [0.1, 0.15) is 25.0 Å². The van der Waals surface area contributed by atoms with E-state index in [1.54, 1.807) is 9.47 Å². The lowest BCUT2D eigenvalue weighted by atomic mass is 10.1. The molecule has 0 aliphatic rings. The van der Waals surface area contributed by atoms with E-state index in [1.165, 1.54) is 11.8 Å². The molecule has 0 aliphatic heterocycles. The zero-order valence-corrected chi connectivity index (χ0v) is 21.5. The minimum atomic E-state index is -0.419. The molecule has 2 aromatic heterocycles. The maximum Gasteiger partial charge on any atom is 0.267 e. The molecular weight excluding hydrogens is 470 g/mol. The molecule has 5 rings (SSSR count). The second-order valence-corrected chi connectivity index (χ2v) is 10.1. The van der Waals surface area contributed by atoms with Crippen LogP contribution in [0.25, 0.3) is 22.4 Å². The number of fused-ring (bicyclic) bond motifs is 3. The first kappa shape index (κ1) is 23.8. The van der Waals surface area contributed by atoms with Crippen molar-refractivity contribution in [3.63, 3.8) is 0 Å². The molecule has 0 radical (unpaired) electrons. The summed E-state index contributed by atoms with van der Waals surface area (Å²) in [5, 5.41) is 9.60. The van der Waals surface area contributed by atoms with Crippen molar-refractivity contribution in [3.8, 4) is 5.69 Å². The third-order valence-corrected chi connectivity index (χ3v) is 7.31. The predicted octanol–water partition coefficient (Wildman–Crippen LogP) is 5.18. The molecule has 0 saturated carbocycles. The zero-order valence-electron chi connectivity index (χ0n) is 20.7. The van der Waals surface area contributed by atoms with Gasteiger partial charge in [-0.15, -0.1) is 10.2 Å². The van der Waals surface area contributed by atoms with Gasteiger partial charge >= 0.3 is 0 Å². The molecule has 0 spiro atoms. The molecule has 0 aliphatic carbocycles. The highest BCUT2D eigenvalue weighted by Crippen LogP contribution is 2.28. The first-order valence-corrected chi connectivity index (χ1v) is 12.8. The molecule has 5 aromatic rings. The molecule has 182 valence electrons. The number of carbonyl (C=O) groups is 1. The van der Waals surface area contributed by atoms with Crippen LogP contribution in [0.2, 0.25) is 0 Å². The van der Waals surface area contributed by atoms with Gasteiger partial charge in [-0.05, 0) is 69.2 Å². The van der Waals surface area contributed by atoms with Gasteiger partial charge in [0.2, 0.25) is 11.7 Å². The van der Waals surface area contributed by atoms with E-state index in [2.05, 4.69) is 10.2 Å². The van der Waals surface area contributed by atoms with Crippen molar-refractivity contribution in [2.45, 2.75) is 38.1 Å². The topological polar surface area (TPSA) is 72.5 Å². The summed E-state index contributed by atoms with van der Waals surface area (Å²) in [6.07, 6.45) is 0. The van der Waals surface area contributed by atoms with Gasteiger partial charge in [-0.25, -0.2) is 4.57 Å². The van der Waals surface area contributed by atoms with Gasteiger partial charge in [0.05, 0.1) is 21.8 Å². The van der Waals surface area contributed by atoms with Gasteiger partial charge in [0, 0.05) is 12.2 Å². The van der Waals surface area contributed by atoms with Crippen molar-refractivity contribution < 1.29 is 4.79 Å². The molecule has 1 unspecified atom stereocenters. The standard InChI is InChI=1S/C28H27N5O2S/c1-5-31(21-11-7-6-8-12-21)25(34)20(4)36-28-30-29-27-32(24-17-18(2)15-16-19(24)3)26(35)22-13-9-10-14-23(22)33(27)28/h6-17,20H,5H2,1-4H3. The smallest absolute Gasteiger partial charge is 0.267 e. The Balaban J connectivity index is 1.64. The van der Waals surface area contributed by atoms with E-state index in [1.807, 2.05) is 105 Å². The Labute approximate surface area is 213 Å². The summed E-state index contributed by atoms with van der Waals surface area (Å²) in [6.45, 7) is 8.37. The number of hydrogen-bond acceptors (Lipinski definition) is 5. The summed E-state index contributed by atoms with van der Waals surface area (Å²) in [4.78, 5) is 28.8. The molecule has 8 heteroatoms. The number of anilines is 1. The fraction of sp³-hybridized carbons (Fsp3) is 0.214. The molecule has 36 heavy (non-hydrogen) atoms. The van der Waals surface area contributed by atoms with Crippen LogP contribution >= 0.6 is 11.8 Å². The highest BCUT2D eigenvalue weighted by atomic mass is 32.2. The molecule has 0 fully saturated rings. The lowest BCUT2D eigenvalue weighted by molar-refractivity contribution is -0.117. The minimum Gasteiger partial charge on any atom is -0.312 e. The number of nitrogens with zero attached hydrogens (tertiary/aromatic N) is 5. The van der Waals surface area contributed by atoms with E-state index in [-0.39, 0.29) is 11.5 Å². The van der Waals surface area contributed by atoms with Crippen molar-refractivity contribution >= 4 is 40.0 Å². The highest BCUT2D eigenvalue weighted by molar-refractivity contribution is 8.00. The maximum absolute atomic E-state index is 13.6. The Kier molecular flexibility index (Phi) is 6.36. The third kappa shape index (κ3) is 4.07. The van der Waals surface area contributed by atoms with Gasteiger partial charge in [0.15, 0.2) is 5.16 Å². The van der Waals surface area contributed by atoms with E-state index >= 15 is 0 Å². The Morgan fingerprint density at radius 3 is 2.47 bits per heavy atom. The van der Waals surface area contributed by atoms with Crippen LogP contribution in [0.3, 0.4) is 0 Å². The van der Waals surface area contributed by atoms with Gasteiger partial charge in [-0.1, -0.05) is 54.2 Å². The number of thioether (sulfide) groups is 1. The zero-order chi connectivity index (χ0) is 25.4. The maximum atomic E-state index is 13.6. The SMILES string of the molecule is CCN(C(=O)C(C)Sc1nnc2n(-c3cc(C)ccc3C)c(=O)c3ccccc3n12)c1ccccc1. The first-order valence-electron chi connectivity index (χ1n) is 11.9. The highest BCUT2D eigenvalue weighted by Gasteiger charge is 2.25. The molecule has 2 heterocycles. The van der Waals surface area contributed by atoms with Crippen LogP contribution < -0.4 is 10.5 Å². The van der Waals surface area contributed by atoms with Crippen molar-refractivity contribution in [1.29, 1.82) is 0 Å². The molecule has 3 aromatic carbocycles. The average Bonchev–Trinajstić information content (AvgIpc) is 3.30. The summed E-state index contributed by atoms with van der Waals surface area (Å²) in [7, 11) is 0. The second kappa shape index (κ2) is 9.62. The fourth-order valence-corrected chi connectivity index (χ4v) is 5.35. The number of aromatic nitrogens is 4. The summed E-state index contributed by atoms with van der Waals surface area (Å²) >= 11 is 1.34. The van der Waals surface area contributed by atoms with E-state index in [9.17, 15) is 9.59 Å². The summed E-state index contributed by atoms with van der Waals surface area (Å²) < 4.78 is 3.50. The van der Waals surface area contributed by atoms with Crippen LogP contribution in [0.15, 0.2) is 82.7 Å². The minimum absolute atomic E-state index is 0.0161. The third-order valence-electron chi connectivity index (χ3n) is 6.28. The van der Waals surface area contributed by atoms with Crippen molar-refractivity contribution in [2.24, 2.45) is 0 Å². The number of carbonyl (C=O) groups excluding carboxylic acids is 1. The summed E-state index contributed by atoms with van der Waals surface area (Å²) in [6, 6.07) is 23.1. The first-order chi connectivity index (χ1) is 17.4. The molecule has 0 saturated heterocycles. The summed E-state index contributed by atoms with van der Waals surface area (Å²) in [5.74, 6) is 0.405. The van der Waals surface area contributed by atoms with Crippen LogP contribution in [0.4, 0.5) is 5.69 Å². The number of para-hydroxylation sites is 2. The van der Waals surface area contributed by atoms with E-state index in [4.69, 9.17) is 0 Å². The van der Waals surface area contributed by atoms with Crippen LogP contribution in [-0.4, -0.2) is 36.9 Å². The number of amides is 1. The average molecular weight is 498 g/mol. The lowest BCUT2D eigenvalue weighted by Crippen LogP contribution is -2.36. The van der Waals surface area contributed by atoms with Crippen LogP contribution in [0.5, 0.6) is 0 Å². The Bertz CT molecular complexity index is 1640. The fourth-order valence-electron chi connectivity index (χ4n) is 4.43. The number of rotatable bonds is 6. The molecule has 1 atom stereocenters. The molecule has 0 N–H and O–H groups in total. The summed E-state index contributed by atoms with van der Waals surface area (Å²) in [5.41, 5.74) is 4.19. The van der Waals surface area contributed by atoms with Crippen LogP contribution in [0, 0.1) is 13.8 Å². The lowest BCUT2D eigenvalue weighted by Gasteiger charge is -2.24. The second-order valence-electron chi connectivity index (χ2n) is 8.74. The largest absolute Gasteiger partial charge is 0.312 e. The van der Waals surface area contributed by atoms with Gasteiger partial charge in [0.25, 0.3) is 5.56 Å². The number of benzene rings is 3. The monoisotopic (exact) mass is 497 g/mol. The number of hydrogen-bond donors (Lipinski definition) is 0. The predicted molar refractivity (Wildman–Crippen MR) is 145 cm³/mol. The van der Waals surface area contributed by atoms with Crippen molar-refractivity contribution in [1.82, 2.24) is 19.2 Å².